The summed E-state index contributed by atoms with van der Waals surface area (Å²) >= 11 is 6.13. The van der Waals surface area contributed by atoms with Gasteiger partial charge in [0.2, 0.25) is 0 Å². The van der Waals surface area contributed by atoms with Gasteiger partial charge >= 0.3 is 5.97 Å². The zero-order chi connectivity index (χ0) is 18.1. The summed E-state index contributed by atoms with van der Waals surface area (Å²) in [6.07, 6.45) is 2.27. The summed E-state index contributed by atoms with van der Waals surface area (Å²) in [6.45, 7) is 0. The Labute approximate surface area is 161 Å². The number of anilines is 1. The molecule has 0 aromatic heterocycles. The van der Waals surface area contributed by atoms with Gasteiger partial charge in [-0.15, -0.1) is 0 Å². The highest BCUT2D eigenvalue weighted by Crippen LogP contribution is 2.42. The number of thioether (sulfide) groups is 2. The van der Waals surface area contributed by atoms with Gasteiger partial charge in [-0.3, -0.25) is 9.59 Å². The Morgan fingerprint density at radius 1 is 1.48 bits per heavy atom. The van der Waals surface area contributed by atoms with Crippen molar-refractivity contribution in [2.24, 2.45) is 0 Å². The van der Waals surface area contributed by atoms with Crippen LogP contribution >= 0.6 is 39.5 Å². The van der Waals surface area contributed by atoms with Gasteiger partial charge in [-0.2, -0.15) is 11.8 Å². The molecular formula is C16H15BrN2O4S2. The first-order valence-corrected chi connectivity index (χ1v) is 10.6. The molecule has 3 rings (SSSR count). The molecule has 1 saturated heterocycles. The molecule has 0 aliphatic carbocycles. The zero-order valence-electron chi connectivity index (χ0n) is 13.2. The van der Waals surface area contributed by atoms with Crippen LogP contribution in [0, 0.1) is 0 Å². The topological polar surface area (TPSA) is 86.7 Å². The fraction of sp³-hybridized carbons (Fsp3) is 0.312. The van der Waals surface area contributed by atoms with E-state index in [4.69, 9.17) is 0 Å². The number of carbonyl (C=O) groups excluding carboxylic acids is 2. The van der Waals surface area contributed by atoms with Gasteiger partial charge in [0, 0.05) is 15.7 Å². The molecule has 1 fully saturated rings. The normalized spacial score (nSPS) is 20.6. The van der Waals surface area contributed by atoms with Crippen LogP contribution in [-0.4, -0.2) is 51.7 Å². The standard InChI is InChI=1S/C16H15BrN2O4S2/c1-24-5-4-11(16(22)23)19-7-25-13(15(19)21)12-9-6-8(17)2-3-10(9)18-14(12)20/h2-3,6,11H,4-5,7H2,1H3,(H,18,20)(H,22,23)/b13-12-/t11-/m0/s1. The molecule has 0 saturated carbocycles. The third-order valence-electron chi connectivity index (χ3n) is 4.01. The molecular weight excluding hydrogens is 428 g/mol. The average molecular weight is 443 g/mol. The fourth-order valence-corrected chi connectivity index (χ4v) is 4.78. The molecule has 2 aliphatic heterocycles. The van der Waals surface area contributed by atoms with Gasteiger partial charge in [0.15, 0.2) is 0 Å². The first-order valence-electron chi connectivity index (χ1n) is 7.45. The fourth-order valence-electron chi connectivity index (χ4n) is 2.80. The van der Waals surface area contributed by atoms with E-state index in [2.05, 4.69) is 21.2 Å². The van der Waals surface area contributed by atoms with E-state index < -0.39 is 17.9 Å². The minimum Gasteiger partial charge on any atom is -0.480 e. The number of benzene rings is 1. The zero-order valence-corrected chi connectivity index (χ0v) is 16.5. The van der Waals surface area contributed by atoms with Crippen LogP contribution in [0.25, 0.3) is 5.57 Å². The van der Waals surface area contributed by atoms with Crippen molar-refractivity contribution in [2.45, 2.75) is 12.5 Å². The maximum absolute atomic E-state index is 12.8. The molecule has 1 aromatic carbocycles. The second kappa shape index (κ2) is 7.43. The van der Waals surface area contributed by atoms with Gasteiger partial charge in [-0.05, 0) is 36.6 Å². The second-order valence-corrected chi connectivity index (χ2v) is 8.39. The Hall–Kier alpha value is -1.45. The van der Waals surface area contributed by atoms with Crippen molar-refractivity contribution in [3.05, 3.63) is 33.1 Å². The van der Waals surface area contributed by atoms with Gasteiger partial charge in [0.25, 0.3) is 11.8 Å². The molecule has 132 valence electrons. The van der Waals surface area contributed by atoms with Crippen LogP contribution < -0.4 is 5.32 Å². The van der Waals surface area contributed by atoms with Crippen molar-refractivity contribution >= 4 is 68.5 Å². The summed E-state index contributed by atoms with van der Waals surface area (Å²) in [7, 11) is 0. The lowest BCUT2D eigenvalue weighted by molar-refractivity contribution is -0.147. The maximum Gasteiger partial charge on any atom is 0.326 e. The number of amides is 2. The van der Waals surface area contributed by atoms with Crippen molar-refractivity contribution < 1.29 is 19.5 Å². The molecule has 2 amide bonds. The van der Waals surface area contributed by atoms with Crippen molar-refractivity contribution in [3.63, 3.8) is 0 Å². The molecule has 1 atom stereocenters. The molecule has 2 heterocycles. The molecule has 6 nitrogen and oxygen atoms in total. The lowest BCUT2D eigenvalue weighted by Crippen LogP contribution is -2.42. The summed E-state index contributed by atoms with van der Waals surface area (Å²) in [6, 6.07) is 4.49. The minimum absolute atomic E-state index is 0.236. The number of rotatable bonds is 5. The van der Waals surface area contributed by atoms with Crippen LogP contribution in [0.3, 0.4) is 0 Å². The molecule has 0 unspecified atom stereocenters. The molecule has 25 heavy (non-hydrogen) atoms. The van der Waals surface area contributed by atoms with Crippen LogP contribution in [0.2, 0.25) is 0 Å². The van der Waals surface area contributed by atoms with E-state index in [-0.39, 0.29) is 11.8 Å². The summed E-state index contributed by atoms with van der Waals surface area (Å²) in [5.74, 6) is -0.862. The highest BCUT2D eigenvalue weighted by molar-refractivity contribution is 9.10. The quantitative estimate of drug-likeness (QED) is 0.681. The number of nitrogens with zero attached hydrogens (tertiary/aromatic N) is 1. The molecule has 9 heteroatoms. The number of aliphatic carboxylic acids is 1. The van der Waals surface area contributed by atoms with Crippen LogP contribution in [0.15, 0.2) is 27.6 Å². The minimum atomic E-state index is -1.02. The first-order chi connectivity index (χ1) is 11.9. The number of hydrogen-bond acceptors (Lipinski definition) is 5. The second-order valence-electron chi connectivity index (χ2n) is 5.53. The van der Waals surface area contributed by atoms with Gasteiger partial charge < -0.3 is 15.3 Å². The highest BCUT2D eigenvalue weighted by Gasteiger charge is 2.40. The van der Waals surface area contributed by atoms with Crippen LogP contribution in [0.1, 0.15) is 12.0 Å². The molecule has 0 spiro atoms. The average Bonchev–Trinajstić information content (AvgIpc) is 3.07. The van der Waals surface area contributed by atoms with E-state index in [1.54, 1.807) is 12.1 Å². The summed E-state index contributed by atoms with van der Waals surface area (Å²) in [5.41, 5.74) is 1.63. The number of carbonyl (C=O) groups is 3. The maximum atomic E-state index is 12.8. The number of carboxylic acids is 1. The third-order valence-corrected chi connectivity index (χ3v) is 6.22. The number of carboxylic acid groups (broad SMARTS) is 1. The van der Waals surface area contributed by atoms with Crippen LogP contribution in [0.4, 0.5) is 5.69 Å². The van der Waals surface area contributed by atoms with Gasteiger partial charge in [-0.1, -0.05) is 27.7 Å². The first kappa shape index (κ1) is 18.3. The van der Waals surface area contributed by atoms with Gasteiger partial charge in [0.05, 0.1) is 16.4 Å². The summed E-state index contributed by atoms with van der Waals surface area (Å²) in [5, 5.41) is 12.2. The van der Waals surface area contributed by atoms with Crippen molar-refractivity contribution in [3.8, 4) is 0 Å². The lowest BCUT2D eigenvalue weighted by atomic mass is 10.1. The van der Waals surface area contributed by atoms with Gasteiger partial charge in [0.1, 0.15) is 6.04 Å². The van der Waals surface area contributed by atoms with Crippen molar-refractivity contribution in [2.75, 3.05) is 23.2 Å². The predicted octanol–water partition coefficient (Wildman–Crippen LogP) is 2.85. The van der Waals surface area contributed by atoms with E-state index in [9.17, 15) is 19.5 Å². The number of nitrogens with one attached hydrogen (secondary N) is 1. The van der Waals surface area contributed by atoms with Crippen molar-refractivity contribution in [1.82, 2.24) is 4.90 Å². The summed E-state index contributed by atoms with van der Waals surface area (Å²) < 4.78 is 0.802. The van der Waals surface area contributed by atoms with Crippen molar-refractivity contribution in [1.29, 1.82) is 0 Å². The third kappa shape index (κ3) is 3.45. The Kier molecular flexibility index (Phi) is 5.45. The van der Waals surface area contributed by atoms with Crippen LogP contribution in [-0.2, 0) is 14.4 Å². The van der Waals surface area contributed by atoms with E-state index in [1.807, 2.05) is 12.3 Å². The van der Waals surface area contributed by atoms with E-state index in [1.165, 1.54) is 28.4 Å². The molecule has 0 bridgehead atoms. The van der Waals surface area contributed by atoms with Gasteiger partial charge in [-0.25, -0.2) is 4.79 Å². The monoisotopic (exact) mass is 442 g/mol. The van der Waals surface area contributed by atoms with E-state index in [0.717, 1.165) is 4.47 Å². The highest BCUT2D eigenvalue weighted by atomic mass is 79.9. The number of fused-ring (bicyclic) bond motifs is 1. The Morgan fingerprint density at radius 2 is 2.24 bits per heavy atom. The SMILES string of the molecule is CSCC[C@@H](C(=O)O)N1CS/C(=C2\C(=O)Nc3ccc(Br)cc32)C1=O. The number of halogens is 1. The molecule has 2 aliphatic rings. The Bertz CT molecular complexity index is 796. The lowest BCUT2D eigenvalue weighted by Gasteiger charge is -2.22. The molecule has 0 radical (unpaired) electrons. The Balaban J connectivity index is 1.96. The van der Waals surface area contributed by atoms with E-state index >= 15 is 0 Å². The molecule has 1 aromatic rings. The summed E-state index contributed by atoms with van der Waals surface area (Å²) in [4.78, 5) is 38.4. The Morgan fingerprint density at radius 3 is 2.92 bits per heavy atom. The molecule has 2 N–H and O–H groups in total. The van der Waals surface area contributed by atoms with E-state index in [0.29, 0.717) is 33.9 Å². The number of hydrogen-bond donors (Lipinski definition) is 2. The van der Waals surface area contributed by atoms with Crippen LogP contribution in [0.5, 0.6) is 0 Å². The predicted molar refractivity (Wildman–Crippen MR) is 103 cm³/mol. The smallest absolute Gasteiger partial charge is 0.326 e. The largest absolute Gasteiger partial charge is 0.480 e.